The topological polar surface area (TPSA) is 95.1 Å². The number of hydrogen-bond donors (Lipinski definition) is 2. The van der Waals surface area contributed by atoms with Gasteiger partial charge in [-0.1, -0.05) is 31.0 Å². The predicted octanol–water partition coefficient (Wildman–Crippen LogP) is 2.55. The molecule has 1 aliphatic carbocycles. The molecule has 2 aromatic carbocycles. The van der Waals surface area contributed by atoms with Crippen LogP contribution in [0.25, 0.3) is 0 Å². The van der Waals surface area contributed by atoms with Crippen LogP contribution >= 0.6 is 0 Å². The first-order valence-corrected chi connectivity index (χ1v) is 10.8. The molecule has 1 aliphatic heterocycles. The van der Waals surface area contributed by atoms with E-state index in [1.807, 2.05) is 42.5 Å². The third-order valence-corrected chi connectivity index (χ3v) is 6.01. The summed E-state index contributed by atoms with van der Waals surface area (Å²) >= 11 is 0. The lowest BCUT2D eigenvalue weighted by atomic mass is 9.87. The summed E-state index contributed by atoms with van der Waals surface area (Å²) in [6.45, 7) is 0.471. The monoisotopic (exact) mass is 440 g/mol. The van der Waals surface area contributed by atoms with Crippen molar-refractivity contribution in [2.75, 3.05) is 27.4 Å². The molecule has 0 saturated heterocycles. The molecule has 1 unspecified atom stereocenters. The smallest absolute Gasteiger partial charge is 0.310 e. The van der Waals surface area contributed by atoms with Gasteiger partial charge in [-0.25, -0.2) is 0 Å². The number of amides is 2. The Morgan fingerprint density at radius 2 is 1.72 bits per heavy atom. The number of carbonyl (C=O) groups excluding carboxylic acids is 2. The fourth-order valence-corrected chi connectivity index (χ4v) is 4.32. The maximum absolute atomic E-state index is 12.8. The van der Waals surface area contributed by atoms with Crippen molar-refractivity contribution >= 4 is 11.8 Å². The Balaban J connectivity index is 1.39. The zero-order chi connectivity index (χ0) is 22.6. The Bertz CT molecular complexity index is 986. The number of benzene rings is 2. The summed E-state index contributed by atoms with van der Waals surface area (Å²) in [5.74, 6) is 1.14. The highest BCUT2D eigenvalue weighted by atomic mass is 16.6. The predicted molar refractivity (Wildman–Crippen MR) is 117 cm³/mol. The number of fused-ring (bicyclic) bond motifs is 1. The maximum Gasteiger partial charge on any atom is 0.310 e. The summed E-state index contributed by atoms with van der Waals surface area (Å²) in [7, 11) is 3.15. The van der Waals surface area contributed by atoms with Gasteiger partial charge < -0.3 is 29.6 Å². The first kappa shape index (κ1) is 21.8. The van der Waals surface area contributed by atoms with Crippen LogP contribution in [0.4, 0.5) is 0 Å². The third kappa shape index (κ3) is 4.44. The molecule has 1 heterocycles. The second-order valence-corrected chi connectivity index (χ2v) is 8.02. The summed E-state index contributed by atoms with van der Waals surface area (Å²) in [6, 6.07) is 13.0. The molecule has 4 rings (SSSR count). The number of nitrogens with one attached hydrogen (secondary N) is 2. The second kappa shape index (κ2) is 9.38. The number of carbonyl (C=O) groups is 2. The van der Waals surface area contributed by atoms with Gasteiger partial charge in [0, 0.05) is 0 Å². The van der Waals surface area contributed by atoms with Crippen LogP contribution in [-0.4, -0.2) is 45.3 Å². The lowest BCUT2D eigenvalue weighted by Crippen LogP contribution is -2.51. The molecule has 1 atom stereocenters. The van der Waals surface area contributed by atoms with Crippen LogP contribution in [-0.2, 0) is 15.1 Å². The fourth-order valence-electron chi connectivity index (χ4n) is 4.32. The van der Waals surface area contributed by atoms with Crippen LogP contribution in [0.1, 0.15) is 31.2 Å². The van der Waals surface area contributed by atoms with E-state index < -0.39 is 17.4 Å². The highest BCUT2D eigenvalue weighted by Crippen LogP contribution is 2.41. The van der Waals surface area contributed by atoms with Gasteiger partial charge in [0.15, 0.2) is 23.0 Å². The number of para-hydroxylation sites is 2. The highest BCUT2D eigenvalue weighted by Gasteiger charge is 2.39. The number of rotatable bonds is 6. The molecule has 32 heavy (non-hydrogen) atoms. The van der Waals surface area contributed by atoms with Crippen LogP contribution in [0.5, 0.6) is 23.0 Å². The van der Waals surface area contributed by atoms with Gasteiger partial charge in [-0.15, -0.1) is 0 Å². The number of ether oxygens (including phenoxy) is 4. The van der Waals surface area contributed by atoms with Gasteiger partial charge in [0.05, 0.1) is 26.3 Å². The minimum absolute atomic E-state index is 0.171. The van der Waals surface area contributed by atoms with Gasteiger partial charge in [-0.05, 0) is 42.7 Å². The molecule has 2 N–H and O–H groups in total. The van der Waals surface area contributed by atoms with E-state index in [9.17, 15) is 9.59 Å². The first-order valence-electron chi connectivity index (χ1n) is 10.8. The molecule has 0 radical (unpaired) electrons. The fraction of sp³-hybridized carbons (Fsp3) is 0.417. The molecule has 170 valence electrons. The van der Waals surface area contributed by atoms with E-state index in [-0.39, 0.29) is 12.6 Å². The molecule has 0 spiro atoms. The van der Waals surface area contributed by atoms with Crippen molar-refractivity contribution in [3.8, 4) is 23.0 Å². The summed E-state index contributed by atoms with van der Waals surface area (Å²) in [6.07, 6.45) is 3.05. The zero-order valence-electron chi connectivity index (χ0n) is 18.3. The van der Waals surface area contributed by atoms with Gasteiger partial charge in [-0.2, -0.15) is 0 Å². The molecule has 0 bridgehead atoms. The molecule has 8 heteroatoms. The quantitative estimate of drug-likeness (QED) is 0.671. The average Bonchev–Trinajstić information content (AvgIpc) is 3.31. The standard InChI is InChI=1S/C24H28N2O6/c1-29-18-10-9-16(13-21(18)30-2)24(11-5-6-12-24)26-23(28)22(27)25-14-17-15-31-19-7-3-4-8-20(19)32-17/h3-4,7-10,13,17H,5-6,11-12,14-15H2,1-2H3,(H,25,27)(H,26,28). The van der Waals surface area contributed by atoms with Crippen LogP contribution in [0.3, 0.4) is 0 Å². The van der Waals surface area contributed by atoms with Crippen LogP contribution in [0.2, 0.25) is 0 Å². The molecular weight excluding hydrogens is 412 g/mol. The van der Waals surface area contributed by atoms with Crippen molar-refractivity contribution in [3.63, 3.8) is 0 Å². The molecule has 1 fully saturated rings. The van der Waals surface area contributed by atoms with Crippen molar-refractivity contribution in [2.45, 2.75) is 37.3 Å². The first-order chi connectivity index (χ1) is 15.5. The van der Waals surface area contributed by atoms with Crippen LogP contribution in [0, 0.1) is 0 Å². The van der Waals surface area contributed by atoms with Gasteiger partial charge in [0.25, 0.3) is 0 Å². The van der Waals surface area contributed by atoms with Crippen LogP contribution < -0.4 is 29.6 Å². The normalized spacial score (nSPS) is 18.5. The summed E-state index contributed by atoms with van der Waals surface area (Å²) in [5, 5.41) is 5.65. The van der Waals surface area contributed by atoms with Crippen molar-refractivity contribution in [1.82, 2.24) is 10.6 Å². The number of methoxy groups -OCH3 is 2. The Morgan fingerprint density at radius 1 is 1.00 bits per heavy atom. The minimum Gasteiger partial charge on any atom is -0.493 e. The van der Waals surface area contributed by atoms with E-state index in [0.717, 1.165) is 31.2 Å². The maximum atomic E-state index is 12.8. The molecular formula is C24H28N2O6. The summed E-state index contributed by atoms with van der Waals surface area (Å²) < 4.78 is 22.2. The lowest BCUT2D eigenvalue weighted by Gasteiger charge is -2.31. The SMILES string of the molecule is COc1ccc(C2(NC(=O)C(=O)NCC3COc4ccccc4O3)CCCC2)cc1OC. The average molecular weight is 440 g/mol. The van der Waals surface area contributed by atoms with Crippen molar-refractivity contribution < 1.29 is 28.5 Å². The van der Waals surface area contributed by atoms with Crippen molar-refractivity contribution in [3.05, 3.63) is 48.0 Å². The van der Waals surface area contributed by atoms with E-state index >= 15 is 0 Å². The van der Waals surface area contributed by atoms with Gasteiger partial charge in [0.1, 0.15) is 12.7 Å². The Hall–Kier alpha value is -3.42. The summed E-state index contributed by atoms with van der Waals surface area (Å²) in [4.78, 5) is 25.3. The van der Waals surface area contributed by atoms with E-state index in [1.165, 1.54) is 0 Å². The number of hydrogen-bond acceptors (Lipinski definition) is 6. The molecule has 2 aromatic rings. The Labute approximate surface area is 187 Å². The Kier molecular flexibility index (Phi) is 6.39. The van der Waals surface area contributed by atoms with Gasteiger partial charge in [0.2, 0.25) is 0 Å². The van der Waals surface area contributed by atoms with Gasteiger partial charge >= 0.3 is 11.8 Å². The zero-order valence-corrected chi connectivity index (χ0v) is 18.3. The third-order valence-electron chi connectivity index (χ3n) is 6.01. The van der Waals surface area contributed by atoms with Crippen molar-refractivity contribution in [1.29, 1.82) is 0 Å². The second-order valence-electron chi connectivity index (χ2n) is 8.02. The summed E-state index contributed by atoms with van der Waals surface area (Å²) in [5.41, 5.74) is 0.284. The Morgan fingerprint density at radius 3 is 2.44 bits per heavy atom. The van der Waals surface area contributed by atoms with Gasteiger partial charge in [-0.3, -0.25) is 9.59 Å². The van der Waals surface area contributed by atoms with E-state index in [0.29, 0.717) is 29.6 Å². The molecule has 2 aliphatic rings. The molecule has 0 aromatic heterocycles. The van der Waals surface area contributed by atoms with E-state index in [4.69, 9.17) is 18.9 Å². The lowest BCUT2D eigenvalue weighted by molar-refractivity contribution is -0.140. The van der Waals surface area contributed by atoms with E-state index in [1.54, 1.807) is 14.2 Å². The van der Waals surface area contributed by atoms with Crippen molar-refractivity contribution in [2.24, 2.45) is 0 Å². The minimum atomic E-state index is -0.695. The molecule has 2 amide bonds. The highest BCUT2D eigenvalue weighted by molar-refractivity contribution is 6.35. The molecule has 8 nitrogen and oxygen atoms in total. The van der Waals surface area contributed by atoms with Crippen LogP contribution in [0.15, 0.2) is 42.5 Å². The largest absolute Gasteiger partial charge is 0.493 e. The molecule has 1 saturated carbocycles. The van der Waals surface area contributed by atoms with E-state index in [2.05, 4.69) is 10.6 Å².